The number of imide groups is 1. The summed E-state index contributed by atoms with van der Waals surface area (Å²) in [6, 6.07) is 8.69. The third-order valence-electron chi connectivity index (χ3n) is 2.11. The Morgan fingerprint density at radius 1 is 1.42 bits per heavy atom. The first-order chi connectivity index (χ1) is 9.06. The molecular weight excluding hydrogens is 246 g/mol. The van der Waals surface area contributed by atoms with Crippen molar-refractivity contribution in [2.75, 3.05) is 12.4 Å². The van der Waals surface area contributed by atoms with Crippen LogP contribution in [0.15, 0.2) is 36.0 Å². The van der Waals surface area contributed by atoms with Gasteiger partial charge in [0, 0.05) is 24.9 Å². The highest BCUT2D eigenvalue weighted by Gasteiger charge is 2.09. The van der Waals surface area contributed by atoms with Gasteiger partial charge < -0.3 is 10.1 Å². The third kappa shape index (κ3) is 4.52. The Morgan fingerprint density at radius 3 is 2.74 bits per heavy atom. The number of hydrogen-bond donors (Lipinski definition) is 2. The molecule has 1 rings (SSSR count). The molecule has 0 aliphatic heterocycles. The Hall–Kier alpha value is -2.81. The van der Waals surface area contributed by atoms with E-state index in [1.54, 1.807) is 30.3 Å². The number of carbonyl (C=O) groups excluding carboxylic acids is 2. The van der Waals surface area contributed by atoms with Crippen LogP contribution in [0.5, 0.6) is 5.75 Å². The van der Waals surface area contributed by atoms with Crippen LogP contribution in [-0.2, 0) is 9.59 Å². The molecule has 1 aromatic rings. The number of carbonyl (C=O) groups is 2. The summed E-state index contributed by atoms with van der Waals surface area (Å²) in [6.07, 6.45) is 1.23. The van der Waals surface area contributed by atoms with Gasteiger partial charge >= 0.3 is 0 Å². The van der Waals surface area contributed by atoms with E-state index < -0.39 is 11.8 Å². The van der Waals surface area contributed by atoms with Gasteiger partial charge in [0.1, 0.15) is 17.4 Å². The van der Waals surface area contributed by atoms with Crippen molar-refractivity contribution in [1.82, 2.24) is 5.32 Å². The minimum absolute atomic E-state index is 0.196. The molecule has 0 aliphatic carbocycles. The Morgan fingerprint density at radius 2 is 2.16 bits per heavy atom. The zero-order valence-electron chi connectivity index (χ0n) is 10.6. The number of benzene rings is 1. The van der Waals surface area contributed by atoms with Gasteiger partial charge in [-0.1, -0.05) is 6.07 Å². The summed E-state index contributed by atoms with van der Waals surface area (Å²) in [5.41, 5.74) is 0.459. The standard InChI is InChI=1S/C13H13N3O3/c1-9(17)16-13(18)10(7-14)8-15-11-4-3-5-12(6-11)19-2/h3-6,8,15H,1-2H3,(H,16,17,18). The minimum atomic E-state index is -0.745. The molecule has 6 nitrogen and oxygen atoms in total. The highest BCUT2D eigenvalue weighted by molar-refractivity contribution is 6.06. The molecule has 0 saturated carbocycles. The molecule has 0 heterocycles. The lowest BCUT2D eigenvalue weighted by Crippen LogP contribution is -2.29. The third-order valence-corrected chi connectivity index (χ3v) is 2.11. The zero-order chi connectivity index (χ0) is 14.3. The lowest BCUT2D eigenvalue weighted by Gasteiger charge is -2.04. The Kier molecular flexibility index (Phi) is 5.11. The predicted octanol–water partition coefficient (Wildman–Crippen LogP) is 1.18. The maximum Gasteiger partial charge on any atom is 0.269 e. The van der Waals surface area contributed by atoms with Crippen LogP contribution in [0.1, 0.15) is 6.92 Å². The van der Waals surface area contributed by atoms with Crippen molar-refractivity contribution in [1.29, 1.82) is 5.26 Å². The van der Waals surface area contributed by atoms with Gasteiger partial charge in [-0.05, 0) is 12.1 Å². The monoisotopic (exact) mass is 259 g/mol. The molecule has 0 unspecified atom stereocenters. The average Bonchev–Trinajstić information content (AvgIpc) is 2.39. The van der Waals surface area contributed by atoms with Crippen LogP contribution in [0, 0.1) is 11.3 Å². The first-order valence-corrected chi connectivity index (χ1v) is 5.39. The van der Waals surface area contributed by atoms with Crippen LogP contribution in [0.4, 0.5) is 5.69 Å². The topological polar surface area (TPSA) is 91.2 Å². The molecule has 0 aliphatic rings. The molecule has 0 aromatic heterocycles. The Balaban J connectivity index is 2.80. The number of hydrogen-bond acceptors (Lipinski definition) is 5. The van der Waals surface area contributed by atoms with E-state index >= 15 is 0 Å². The van der Waals surface area contributed by atoms with Crippen molar-refractivity contribution in [3.8, 4) is 11.8 Å². The molecule has 2 amide bonds. The maximum absolute atomic E-state index is 11.4. The second-order valence-corrected chi connectivity index (χ2v) is 3.56. The van der Waals surface area contributed by atoms with Crippen LogP contribution in [0.2, 0.25) is 0 Å². The van der Waals surface area contributed by atoms with Gasteiger partial charge in [-0.15, -0.1) is 0 Å². The molecule has 6 heteroatoms. The lowest BCUT2D eigenvalue weighted by atomic mass is 10.2. The molecule has 0 saturated heterocycles. The number of nitrogens with one attached hydrogen (secondary N) is 2. The van der Waals surface area contributed by atoms with Crippen LogP contribution in [0.25, 0.3) is 0 Å². The maximum atomic E-state index is 11.4. The van der Waals surface area contributed by atoms with Gasteiger partial charge in [-0.25, -0.2) is 0 Å². The highest BCUT2D eigenvalue weighted by atomic mass is 16.5. The normalized spacial score (nSPS) is 10.3. The molecule has 0 bridgehead atoms. The molecule has 0 radical (unpaired) electrons. The van der Waals surface area contributed by atoms with Gasteiger partial charge in [-0.3, -0.25) is 14.9 Å². The van der Waals surface area contributed by atoms with Gasteiger partial charge in [0.05, 0.1) is 7.11 Å². The number of nitriles is 1. The van der Waals surface area contributed by atoms with E-state index in [9.17, 15) is 9.59 Å². The number of rotatable bonds is 4. The van der Waals surface area contributed by atoms with Gasteiger partial charge in [0.2, 0.25) is 5.91 Å². The Labute approximate surface area is 110 Å². The van der Waals surface area contributed by atoms with Crippen LogP contribution in [-0.4, -0.2) is 18.9 Å². The van der Waals surface area contributed by atoms with E-state index in [1.807, 2.05) is 5.32 Å². The number of methoxy groups -OCH3 is 1. The summed E-state index contributed by atoms with van der Waals surface area (Å²) in [4.78, 5) is 22.2. The predicted molar refractivity (Wildman–Crippen MR) is 69.1 cm³/mol. The quantitative estimate of drug-likeness (QED) is 0.625. The summed E-state index contributed by atoms with van der Waals surface area (Å²) < 4.78 is 5.04. The first kappa shape index (κ1) is 14.3. The molecule has 0 fully saturated rings. The van der Waals surface area contributed by atoms with E-state index in [0.717, 1.165) is 0 Å². The smallest absolute Gasteiger partial charge is 0.269 e. The van der Waals surface area contributed by atoms with E-state index in [2.05, 4.69) is 5.32 Å². The number of amides is 2. The minimum Gasteiger partial charge on any atom is -0.497 e. The van der Waals surface area contributed by atoms with E-state index in [1.165, 1.54) is 20.2 Å². The summed E-state index contributed by atoms with van der Waals surface area (Å²) in [6.45, 7) is 1.20. The zero-order valence-corrected chi connectivity index (χ0v) is 10.6. The number of ether oxygens (including phenoxy) is 1. The summed E-state index contributed by atoms with van der Waals surface area (Å²) in [7, 11) is 1.54. The Bertz CT molecular complexity index is 558. The number of nitrogens with zero attached hydrogens (tertiary/aromatic N) is 1. The fourth-order valence-corrected chi connectivity index (χ4v) is 1.24. The largest absolute Gasteiger partial charge is 0.497 e. The highest BCUT2D eigenvalue weighted by Crippen LogP contribution is 2.16. The molecule has 2 N–H and O–H groups in total. The molecule has 19 heavy (non-hydrogen) atoms. The van der Waals surface area contributed by atoms with E-state index in [4.69, 9.17) is 10.00 Å². The van der Waals surface area contributed by atoms with E-state index in [0.29, 0.717) is 11.4 Å². The SMILES string of the molecule is COc1cccc(NC=C(C#N)C(=O)NC(C)=O)c1. The van der Waals surface area contributed by atoms with Crippen molar-refractivity contribution in [3.63, 3.8) is 0 Å². The van der Waals surface area contributed by atoms with Crippen molar-refractivity contribution in [2.45, 2.75) is 6.92 Å². The van der Waals surface area contributed by atoms with E-state index in [-0.39, 0.29) is 5.57 Å². The molecule has 98 valence electrons. The van der Waals surface area contributed by atoms with Gasteiger partial charge in [-0.2, -0.15) is 5.26 Å². The van der Waals surface area contributed by atoms with Gasteiger partial charge in [0.25, 0.3) is 5.91 Å². The second kappa shape index (κ2) is 6.81. The lowest BCUT2D eigenvalue weighted by molar-refractivity contribution is -0.126. The van der Waals surface area contributed by atoms with Crippen LogP contribution < -0.4 is 15.4 Å². The second-order valence-electron chi connectivity index (χ2n) is 3.56. The number of anilines is 1. The van der Waals surface area contributed by atoms with Crippen LogP contribution >= 0.6 is 0 Å². The van der Waals surface area contributed by atoms with Crippen molar-refractivity contribution >= 4 is 17.5 Å². The first-order valence-electron chi connectivity index (χ1n) is 5.39. The average molecular weight is 259 g/mol. The molecule has 0 atom stereocenters. The molecule has 0 spiro atoms. The van der Waals surface area contributed by atoms with Crippen molar-refractivity contribution < 1.29 is 14.3 Å². The molecular formula is C13H13N3O3. The summed E-state index contributed by atoms with van der Waals surface area (Å²) in [5.74, 6) is -0.622. The fourth-order valence-electron chi connectivity index (χ4n) is 1.24. The van der Waals surface area contributed by atoms with Crippen LogP contribution in [0.3, 0.4) is 0 Å². The van der Waals surface area contributed by atoms with Gasteiger partial charge in [0.15, 0.2) is 0 Å². The summed E-state index contributed by atoms with van der Waals surface area (Å²) >= 11 is 0. The van der Waals surface area contributed by atoms with Crippen molar-refractivity contribution in [2.24, 2.45) is 0 Å². The summed E-state index contributed by atoms with van der Waals surface area (Å²) in [5, 5.41) is 13.6. The van der Waals surface area contributed by atoms with Crippen molar-refractivity contribution in [3.05, 3.63) is 36.0 Å². The fraction of sp³-hybridized carbons (Fsp3) is 0.154. The molecule has 1 aromatic carbocycles.